The molecule has 0 bridgehead atoms. The average molecular weight is 378 g/mol. The van der Waals surface area contributed by atoms with Gasteiger partial charge in [-0.2, -0.15) is 0 Å². The molecule has 18 heavy (non-hydrogen) atoms. The van der Waals surface area contributed by atoms with Crippen LogP contribution in [0.15, 0.2) is 27.6 Å². The molecule has 0 saturated carbocycles. The number of nitrogens with one attached hydrogen (secondary N) is 2. The summed E-state index contributed by atoms with van der Waals surface area (Å²) in [7, 11) is -3.53. The Morgan fingerprint density at radius 2 is 2.00 bits per heavy atom. The Bertz CT molecular complexity index is 483. The fourth-order valence-electron chi connectivity index (χ4n) is 1.22. The van der Waals surface area contributed by atoms with Gasteiger partial charge in [-0.1, -0.05) is 34.5 Å². The van der Waals surface area contributed by atoms with Crippen molar-refractivity contribution in [2.45, 2.75) is 11.8 Å². The predicted octanol–water partition coefficient (Wildman–Crippen LogP) is 2.41. The van der Waals surface area contributed by atoms with Gasteiger partial charge in [0.2, 0.25) is 10.0 Å². The highest BCUT2D eigenvalue weighted by atomic mass is 79.9. The van der Waals surface area contributed by atoms with E-state index in [9.17, 15) is 8.42 Å². The van der Waals surface area contributed by atoms with Crippen LogP contribution < -0.4 is 10.0 Å². The minimum Gasteiger partial charge on any atom is -0.316 e. The molecule has 104 valence electrons. The van der Waals surface area contributed by atoms with Gasteiger partial charge in [0, 0.05) is 17.6 Å². The summed E-state index contributed by atoms with van der Waals surface area (Å²) in [6.45, 7) is 3.69. The number of likely N-dealkylation sites (N-methyl/N-ethyl adjacent to an activating group) is 1. The second-order valence-corrected chi connectivity index (χ2v) is 6.38. The Hall–Kier alpha value is 0.150. The van der Waals surface area contributed by atoms with Gasteiger partial charge < -0.3 is 5.32 Å². The molecule has 8 heteroatoms. The number of halogens is 3. The summed E-state index contributed by atoms with van der Waals surface area (Å²) in [6.07, 6.45) is 0. The summed E-state index contributed by atoms with van der Waals surface area (Å²) >= 11 is 9.12. The van der Waals surface area contributed by atoms with Gasteiger partial charge in [-0.25, -0.2) is 13.1 Å². The van der Waals surface area contributed by atoms with Gasteiger partial charge in [0.05, 0.1) is 5.02 Å². The standard InChI is InChI=1S/C10H14BrClN2O2S.ClH/c1-2-13-5-6-14-17(15,16)10-4-3-8(11)7-9(10)12;/h3-4,7,13-14H,2,5-6H2,1H3;1H. The van der Waals surface area contributed by atoms with E-state index < -0.39 is 10.0 Å². The van der Waals surface area contributed by atoms with Crippen molar-refractivity contribution in [3.8, 4) is 0 Å². The van der Waals surface area contributed by atoms with E-state index in [1.54, 1.807) is 12.1 Å². The van der Waals surface area contributed by atoms with Crippen LogP contribution in [0.25, 0.3) is 0 Å². The first-order valence-electron chi connectivity index (χ1n) is 5.13. The molecular weight excluding hydrogens is 363 g/mol. The van der Waals surface area contributed by atoms with E-state index in [1.807, 2.05) is 6.92 Å². The van der Waals surface area contributed by atoms with E-state index in [2.05, 4.69) is 26.0 Å². The summed E-state index contributed by atoms with van der Waals surface area (Å²) in [5.74, 6) is 0. The van der Waals surface area contributed by atoms with E-state index in [0.29, 0.717) is 13.1 Å². The van der Waals surface area contributed by atoms with Crippen molar-refractivity contribution in [2.24, 2.45) is 0 Å². The summed E-state index contributed by atoms with van der Waals surface area (Å²) in [5, 5.41) is 3.23. The van der Waals surface area contributed by atoms with Crippen molar-refractivity contribution >= 4 is 50.0 Å². The largest absolute Gasteiger partial charge is 0.316 e. The van der Waals surface area contributed by atoms with E-state index in [4.69, 9.17) is 11.6 Å². The van der Waals surface area contributed by atoms with Crippen LogP contribution >= 0.6 is 39.9 Å². The van der Waals surface area contributed by atoms with E-state index >= 15 is 0 Å². The molecule has 1 rings (SSSR count). The fraction of sp³-hybridized carbons (Fsp3) is 0.400. The normalized spacial score (nSPS) is 11.1. The maximum Gasteiger partial charge on any atom is 0.242 e. The molecule has 2 N–H and O–H groups in total. The fourth-order valence-corrected chi connectivity index (χ4v) is 3.29. The van der Waals surface area contributed by atoms with Crippen LogP contribution in [0.5, 0.6) is 0 Å². The first kappa shape index (κ1) is 18.1. The quantitative estimate of drug-likeness (QED) is 0.748. The van der Waals surface area contributed by atoms with Gasteiger partial charge in [-0.05, 0) is 24.7 Å². The van der Waals surface area contributed by atoms with Crippen LogP contribution in [0.3, 0.4) is 0 Å². The molecular formula is C10H15BrCl2N2O2S. The van der Waals surface area contributed by atoms with Gasteiger partial charge in [0.15, 0.2) is 0 Å². The van der Waals surface area contributed by atoms with Crippen molar-refractivity contribution in [3.05, 3.63) is 27.7 Å². The molecule has 0 aromatic heterocycles. The SMILES string of the molecule is CCNCCNS(=O)(=O)c1ccc(Br)cc1Cl.Cl. The first-order valence-corrected chi connectivity index (χ1v) is 7.78. The van der Waals surface area contributed by atoms with E-state index in [0.717, 1.165) is 11.0 Å². The summed E-state index contributed by atoms with van der Waals surface area (Å²) < 4.78 is 27.0. The lowest BCUT2D eigenvalue weighted by molar-refractivity contribution is 0.577. The molecule has 0 radical (unpaired) electrons. The molecule has 4 nitrogen and oxygen atoms in total. The zero-order valence-electron chi connectivity index (χ0n) is 9.74. The van der Waals surface area contributed by atoms with E-state index in [1.165, 1.54) is 6.07 Å². The van der Waals surface area contributed by atoms with Gasteiger partial charge in [-0.3, -0.25) is 0 Å². The lowest BCUT2D eigenvalue weighted by atomic mass is 10.4. The van der Waals surface area contributed by atoms with Crippen LogP contribution in [-0.4, -0.2) is 28.1 Å². The third-order valence-electron chi connectivity index (χ3n) is 2.03. The van der Waals surface area contributed by atoms with Crippen molar-refractivity contribution < 1.29 is 8.42 Å². The second kappa shape index (κ2) is 8.35. The zero-order chi connectivity index (χ0) is 12.9. The number of hydrogen-bond acceptors (Lipinski definition) is 3. The molecule has 0 amide bonds. The predicted molar refractivity (Wildman–Crippen MR) is 80.1 cm³/mol. The Labute approximate surface area is 127 Å². The third-order valence-corrected chi connectivity index (χ3v) is 4.46. The van der Waals surface area contributed by atoms with Crippen LogP contribution in [0, 0.1) is 0 Å². The maximum atomic E-state index is 11.9. The maximum absolute atomic E-state index is 11.9. The second-order valence-electron chi connectivity index (χ2n) is 3.33. The van der Waals surface area contributed by atoms with Crippen molar-refractivity contribution in [2.75, 3.05) is 19.6 Å². The monoisotopic (exact) mass is 376 g/mol. The topological polar surface area (TPSA) is 58.2 Å². The number of rotatable bonds is 6. The Kier molecular flexibility index (Phi) is 8.42. The zero-order valence-corrected chi connectivity index (χ0v) is 13.7. The first-order chi connectivity index (χ1) is 7.97. The van der Waals surface area contributed by atoms with Crippen LogP contribution in [0.2, 0.25) is 5.02 Å². The highest BCUT2D eigenvalue weighted by molar-refractivity contribution is 9.10. The summed E-state index contributed by atoms with van der Waals surface area (Å²) in [5.41, 5.74) is 0. The minimum absolute atomic E-state index is 0. The Morgan fingerprint density at radius 3 is 2.56 bits per heavy atom. The van der Waals surface area contributed by atoms with Gasteiger partial charge in [0.1, 0.15) is 4.90 Å². The molecule has 0 aliphatic carbocycles. The van der Waals surface area contributed by atoms with E-state index in [-0.39, 0.29) is 22.3 Å². The third kappa shape index (κ3) is 5.42. The van der Waals surface area contributed by atoms with Gasteiger partial charge in [0.25, 0.3) is 0 Å². The molecule has 0 heterocycles. The van der Waals surface area contributed by atoms with Crippen LogP contribution in [0.1, 0.15) is 6.92 Å². The molecule has 0 fully saturated rings. The Balaban J connectivity index is 0.00000289. The van der Waals surface area contributed by atoms with Crippen molar-refractivity contribution in [3.63, 3.8) is 0 Å². The molecule has 0 aliphatic heterocycles. The van der Waals surface area contributed by atoms with Crippen LogP contribution in [0.4, 0.5) is 0 Å². The lowest BCUT2D eigenvalue weighted by Gasteiger charge is -2.08. The van der Waals surface area contributed by atoms with Crippen molar-refractivity contribution in [1.82, 2.24) is 10.0 Å². The highest BCUT2D eigenvalue weighted by Gasteiger charge is 2.16. The average Bonchev–Trinajstić information content (AvgIpc) is 2.24. The van der Waals surface area contributed by atoms with Gasteiger partial charge >= 0.3 is 0 Å². The molecule has 0 unspecified atom stereocenters. The van der Waals surface area contributed by atoms with Crippen LogP contribution in [-0.2, 0) is 10.0 Å². The lowest BCUT2D eigenvalue weighted by Crippen LogP contribution is -2.31. The molecule has 0 spiro atoms. The molecule has 1 aromatic rings. The van der Waals surface area contributed by atoms with Crippen molar-refractivity contribution in [1.29, 1.82) is 0 Å². The smallest absolute Gasteiger partial charge is 0.242 e. The molecule has 0 saturated heterocycles. The number of benzene rings is 1. The number of sulfonamides is 1. The Morgan fingerprint density at radius 1 is 1.33 bits per heavy atom. The molecule has 1 aromatic carbocycles. The molecule has 0 atom stereocenters. The molecule has 0 aliphatic rings. The summed E-state index contributed by atoms with van der Waals surface area (Å²) in [4.78, 5) is 0.0962. The van der Waals surface area contributed by atoms with Gasteiger partial charge in [-0.15, -0.1) is 12.4 Å². The summed E-state index contributed by atoms with van der Waals surface area (Å²) in [6, 6.07) is 4.67. The number of hydrogen-bond donors (Lipinski definition) is 2. The minimum atomic E-state index is -3.53. The highest BCUT2D eigenvalue weighted by Crippen LogP contribution is 2.24.